The van der Waals surface area contributed by atoms with Crippen LogP contribution in [0, 0.1) is 11.8 Å². The van der Waals surface area contributed by atoms with E-state index >= 15 is 0 Å². The van der Waals surface area contributed by atoms with Crippen molar-refractivity contribution in [2.24, 2.45) is 17.6 Å². The first kappa shape index (κ1) is 57.5. The van der Waals surface area contributed by atoms with Crippen LogP contribution in [0.25, 0.3) is 0 Å². The average Bonchev–Trinajstić information content (AvgIpc) is 3.77. The second-order valence-electron chi connectivity index (χ2n) is 11.6. The van der Waals surface area contributed by atoms with Gasteiger partial charge in [-0.05, 0) is 59.7 Å². The molecular weight excluding hydrogens is 800 g/mol. The van der Waals surface area contributed by atoms with Crippen molar-refractivity contribution < 1.29 is 38.6 Å². The van der Waals surface area contributed by atoms with E-state index in [9.17, 15) is 0 Å². The van der Waals surface area contributed by atoms with Gasteiger partial charge in [0.15, 0.2) is 46.0 Å². The SMILES string of the molecule is C=C(CCl)CCl.C=C1COc2ccccc2OC1.CC.CC.CC.CC.NCC1COc2ccccc2OC1.Oc1ccccc1O.[B]CC1COc2ccccc2OC1. The Morgan fingerprint density at radius 2 is 0.817 bits per heavy atom. The number of hydrogen-bond donors (Lipinski definition) is 3. The van der Waals surface area contributed by atoms with Crippen LogP contribution in [0.4, 0.5) is 0 Å². The summed E-state index contributed by atoms with van der Waals surface area (Å²) in [6.45, 7) is 27.6. The standard InChI is InChI=1S/C10H11BO2.C10H13NO2.C10H10O2.C6H6O2.C4H6Cl2.4C2H6/c2*11-5-8-6-12-9-3-1-2-4-10(9)13-7-8;1-8-6-11-9-4-2-3-5-10(9)12-7-8;7-5-3-1-2-4-6(5)8;1-4(2-5)3-6;4*1-2/h1-4,8H,5-7H2;1-4,8H,5-7,11H2;2-5H,1,6-7H2;1-4,7-8H;1-3H2;4*1-2H3. The Hall–Kier alpha value is -4.64. The zero-order valence-electron chi connectivity index (χ0n) is 37.1. The average molecular weight is 871 g/mol. The van der Waals surface area contributed by atoms with E-state index in [-0.39, 0.29) is 11.5 Å². The topological polar surface area (TPSA) is 122 Å². The fourth-order valence-electron chi connectivity index (χ4n) is 4.17. The normalized spacial score (nSPS) is 12.8. The molecule has 60 heavy (non-hydrogen) atoms. The lowest BCUT2D eigenvalue weighted by molar-refractivity contribution is 0.219. The number of nitrogens with two attached hydrogens (primary N) is 1. The van der Waals surface area contributed by atoms with E-state index in [1.165, 1.54) is 12.1 Å². The minimum Gasteiger partial charge on any atom is -0.504 e. The quantitative estimate of drug-likeness (QED) is 0.0796. The number of allylic oxidation sites excluding steroid dienone is 1. The molecule has 2 radical (unpaired) electrons. The van der Waals surface area contributed by atoms with Crippen LogP contribution in [0.15, 0.2) is 121 Å². The molecule has 0 aromatic heterocycles. The molecule has 7 rings (SSSR count). The maximum absolute atomic E-state index is 8.67. The van der Waals surface area contributed by atoms with Crippen LogP contribution in [0.2, 0.25) is 6.32 Å². The fraction of sp³-hybridized carbons (Fsp3) is 0.417. The van der Waals surface area contributed by atoms with Gasteiger partial charge in [0.25, 0.3) is 0 Å². The Labute approximate surface area is 372 Å². The van der Waals surface area contributed by atoms with E-state index in [0.29, 0.717) is 76.1 Å². The van der Waals surface area contributed by atoms with Gasteiger partial charge >= 0.3 is 0 Å². The Bertz CT molecular complexity index is 1490. The van der Waals surface area contributed by atoms with E-state index in [4.69, 9.17) is 75.4 Å². The highest BCUT2D eigenvalue weighted by Crippen LogP contribution is 2.31. The molecule has 0 fully saturated rings. The van der Waals surface area contributed by atoms with E-state index in [1.807, 2.05) is 128 Å². The van der Waals surface area contributed by atoms with E-state index in [1.54, 1.807) is 12.1 Å². The number of benzene rings is 4. The van der Waals surface area contributed by atoms with Crippen LogP contribution in [0.3, 0.4) is 0 Å². The van der Waals surface area contributed by atoms with Crippen LogP contribution in [0.1, 0.15) is 55.4 Å². The zero-order valence-corrected chi connectivity index (χ0v) is 38.6. The molecular formula is C48H70BCl2NO8. The van der Waals surface area contributed by atoms with Crippen molar-refractivity contribution in [3.8, 4) is 46.0 Å². The van der Waals surface area contributed by atoms with Gasteiger partial charge in [-0.25, -0.2) is 0 Å². The van der Waals surface area contributed by atoms with Crippen molar-refractivity contribution >= 4 is 31.0 Å². The second kappa shape index (κ2) is 38.6. The highest BCUT2D eigenvalue weighted by atomic mass is 35.5. The van der Waals surface area contributed by atoms with Crippen molar-refractivity contribution in [1.82, 2.24) is 0 Å². The molecule has 3 aliphatic rings. The van der Waals surface area contributed by atoms with Gasteiger partial charge in [-0.15, -0.1) is 23.2 Å². The second-order valence-corrected chi connectivity index (χ2v) is 12.2. The first-order valence-electron chi connectivity index (χ1n) is 20.6. The van der Waals surface area contributed by atoms with Gasteiger partial charge in [0.1, 0.15) is 13.2 Å². The maximum atomic E-state index is 8.67. The number of halogens is 2. The smallest absolute Gasteiger partial charge is 0.161 e. The van der Waals surface area contributed by atoms with Crippen molar-refractivity contribution in [1.29, 1.82) is 0 Å². The monoisotopic (exact) mass is 869 g/mol. The highest BCUT2D eigenvalue weighted by Gasteiger charge is 2.17. The number of aromatic hydroxyl groups is 2. The van der Waals surface area contributed by atoms with Gasteiger partial charge in [-0.1, -0.05) is 123 Å². The molecule has 0 bridgehead atoms. The molecule has 0 aliphatic carbocycles. The van der Waals surface area contributed by atoms with Crippen LogP contribution in [0.5, 0.6) is 46.0 Å². The fourth-order valence-corrected chi connectivity index (χ4v) is 4.45. The number of phenolic OH excluding ortho intramolecular Hbond substituents is 2. The lowest BCUT2D eigenvalue weighted by atomic mass is 9.92. The first-order chi connectivity index (χ1) is 29.3. The molecule has 3 heterocycles. The van der Waals surface area contributed by atoms with E-state index in [0.717, 1.165) is 45.6 Å². The van der Waals surface area contributed by atoms with Gasteiger partial charge < -0.3 is 44.4 Å². The Kier molecular flexibility index (Phi) is 36.9. The number of fused-ring (bicyclic) bond motifs is 3. The number of alkyl halides is 2. The molecule has 0 amide bonds. The molecule has 0 unspecified atom stereocenters. The number of phenols is 2. The third-order valence-electron chi connectivity index (χ3n) is 7.24. The highest BCUT2D eigenvalue weighted by molar-refractivity contribution is 6.23. The van der Waals surface area contributed by atoms with Crippen LogP contribution in [-0.4, -0.2) is 76.0 Å². The van der Waals surface area contributed by atoms with Gasteiger partial charge in [0, 0.05) is 30.1 Å². The molecule has 332 valence electrons. The summed E-state index contributed by atoms with van der Waals surface area (Å²) in [5, 5.41) is 17.3. The molecule has 0 spiro atoms. The first-order valence-corrected chi connectivity index (χ1v) is 21.7. The minimum atomic E-state index is -0.0764. The summed E-state index contributed by atoms with van der Waals surface area (Å²) in [4.78, 5) is 0. The summed E-state index contributed by atoms with van der Waals surface area (Å²) >= 11 is 10.5. The molecule has 9 nitrogen and oxygen atoms in total. The van der Waals surface area contributed by atoms with Crippen LogP contribution >= 0.6 is 23.2 Å². The van der Waals surface area contributed by atoms with E-state index < -0.39 is 0 Å². The van der Waals surface area contributed by atoms with Gasteiger partial charge in [0.05, 0.1) is 34.3 Å². The summed E-state index contributed by atoms with van der Waals surface area (Å²) < 4.78 is 33.1. The summed E-state index contributed by atoms with van der Waals surface area (Å²) in [7, 11) is 5.55. The molecule has 4 aromatic carbocycles. The van der Waals surface area contributed by atoms with Crippen molar-refractivity contribution in [3.05, 3.63) is 121 Å². The maximum Gasteiger partial charge on any atom is 0.161 e. The summed E-state index contributed by atoms with van der Waals surface area (Å²) in [5.74, 6) is 6.27. The summed E-state index contributed by atoms with van der Waals surface area (Å²) in [6.07, 6.45) is 0.605. The lowest BCUT2D eigenvalue weighted by Crippen LogP contribution is -2.25. The molecule has 4 aromatic rings. The molecule has 0 saturated carbocycles. The lowest BCUT2D eigenvalue weighted by Gasteiger charge is -2.09. The minimum absolute atomic E-state index is 0.0764. The number of rotatable bonds is 4. The largest absolute Gasteiger partial charge is 0.504 e. The predicted molar refractivity (Wildman–Crippen MR) is 254 cm³/mol. The molecule has 3 aliphatic heterocycles. The van der Waals surface area contributed by atoms with Gasteiger partial charge in [-0.3, -0.25) is 0 Å². The van der Waals surface area contributed by atoms with Gasteiger partial charge in [0.2, 0.25) is 0 Å². The van der Waals surface area contributed by atoms with Crippen molar-refractivity contribution in [3.63, 3.8) is 0 Å². The van der Waals surface area contributed by atoms with E-state index in [2.05, 4.69) is 13.2 Å². The van der Waals surface area contributed by atoms with Crippen LogP contribution < -0.4 is 34.2 Å². The number of hydrogen-bond acceptors (Lipinski definition) is 9. The summed E-state index contributed by atoms with van der Waals surface area (Å²) in [6, 6.07) is 29.2. The molecule has 0 atom stereocenters. The van der Waals surface area contributed by atoms with Crippen LogP contribution in [-0.2, 0) is 0 Å². The molecule has 4 N–H and O–H groups in total. The third kappa shape index (κ3) is 24.4. The third-order valence-corrected chi connectivity index (χ3v) is 7.99. The Morgan fingerprint density at radius 1 is 0.550 bits per heavy atom. The Morgan fingerprint density at radius 3 is 1.05 bits per heavy atom. The molecule has 12 heteroatoms. The predicted octanol–water partition coefficient (Wildman–Crippen LogP) is 11.9. The Balaban J connectivity index is 0. The van der Waals surface area contributed by atoms with Gasteiger partial charge in [-0.2, -0.15) is 0 Å². The zero-order chi connectivity index (χ0) is 45.6. The molecule has 0 saturated heterocycles. The summed E-state index contributed by atoms with van der Waals surface area (Å²) in [5.41, 5.74) is 7.39. The number of ether oxygens (including phenoxy) is 6. The number of para-hydroxylation sites is 8. The van der Waals surface area contributed by atoms with Crippen molar-refractivity contribution in [2.75, 3.05) is 57.9 Å². The van der Waals surface area contributed by atoms with Crippen molar-refractivity contribution in [2.45, 2.75) is 61.7 Å².